The van der Waals surface area contributed by atoms with Gasteiger partial charge in [0, 0.05) is 17.2 Å². The van der Waals surface area contributed by atoms with Gasteiger partial charge in [-0.05, 0) is 28.9 Å². The molecular weight excluding hydrogens is 290 g/mol. The van der Waals surface area contributed by atoms with E-state index in [0.717, 1.165) is 0 Å². The molecule has 0 fully saturated rings. The van der Waals surface area contributed by atoms with Gasteiger partial charge in [0.2, 0.25) is 0 Å². The Kier molecular flexibility index (Phi) is 4.36. The van der Waals surface area contributed by atoms with Crippen LogP contribution in [-0.2, 0) is 4.79 Å². The molecule has 1 unspecified atom stereocenters. The van der Waals surface area contributed by atoms with Gasteiger partial charge >= 0.3 is 5.97 Å². The number of halogens is 1. The number of hydrogen-bond donors (Lipinski definition) is 3. The van der Waals surface area contributed by atoms with E-state index in [4.69, 9.17) is 15.6 Å². The Hall–Kier alpha value is -1.27. The minimum absolute atomic E-state index is 0.0289. The van der Waals surface area contributed by atoms with E-state index in [1.807, 2.05) is 0 Å². The second-order valence-corrected chi connectivity index (χ2v) is 4.51. The lowest BCUT2D eigenvalue weighted by molar-refractivity contribution is -0.137. The largest absolute Gasteiger partial charge is 0.507 e. The van der Waals surface area contributed by atoms with Crippen LogP contribution in [0.5, 0.6) is 11.5 Å². The Morgan fingerprint density at radius 1 is 1.65 bits per heavy atom. The van der Waals surface area contributed by atoms with Crippen LogP contribution in [0.15, 0.2) is 10.5 Å². The first kappa shape index (κ1) is 13.8. The summed E-state index contributed by atoms with van der Waals surface area (Å²) in [5, 5.41) is 18.6. The Labute approximate surface area is 107 Å². The standard InChI is InChI=1S/C11H14BrNO4/c1-5-10(16)6(8(13)4-9(14)15)3-7(12)11(5)17-2/h3,8,16H,4,13H2,1-2H3,(H,14,15). The molecule has 17 heavy (non-hydrogen) atoms. The molecule has 6 heteroatoms. The monoisotopic (exact) mass is 303 g/mol. The van der Waals surface area contributed by atoms with Crippen molar-refractivity contribution in [3.05, 3.63) is 21.7 Å². The van der Waals surface area contributed by atoms with Crippen molar-refractivity contribution in [2.75, 3.05) is 7.11 Å². The molecule has 1 aromatic rings. The number of aromatic hydroxyl groups is 1. The van der Waals surface area contributed by atoms with E-state index < -0.39 is 12.0 Å². The summed E-state index contributed by atoms with van der Waals surface area (Å²) in [6, 6.07) is 0.822. The first-order chi connectivity index (χ1) is 7.88. The lowest BCUT2D eigenvalue weighted by Gasteiger charge is -2.16. The highest BCUT2D eigenvalue weighted by atomic mass is 79.9. The zero-order chi connectivity index (χ0) is 13.2. The second kappa shape index (κ2) is 5.37. The molecule has 0 saturated carbocycles. The fraction of sp³-hybridized carbons (Fsp3) is 0.364. The molecule has 0 bridgehead atoms. The van der Waals surface area contributed by atoms with E-state index >= 15 is 0 Å². The highest BCUT2D eigenvalue weighted by Crippen LogP contribution is 2.39. The molecular formula is C11H14BrNO4. The predicted molar refractivity (Wildman–Crippen MR) is 66.3 cm³/mol. The molecule has 0 saturated heterocycles. The molecule has 0 amide bonds. The zero-order valence-electron chi connectivity index (χ0n) is 9.53. The maximum absolute atomic E-state index is 10.6. The Morgan fingerprint density at radius 3 is 2.71 bits per heavy atom. The third-order valence-corrected chi connectivity index (χ3v) is 3.06. The van der Waals surface area contributed by atoms with Gasteiger partial charge in [0.15, 0.2) is 0 Å². The van der Waals surface area contributed by atoms with Crippen molar-refractivity contribution in [3.8, 4) is 11.5 Å². The number of methoxy groups -OCH3 is 1. The molecule has 0 spiro atoms. The van der Waals surface area contributed by atoms with Crippen molar-refractivity contribution in [2.24, 2.45) is 5.73 Å². The third kappa shape index (κ3) is 2.89. The normalized spacial score (nSPS) is 12.2. The van der Waals surface area contributed by atoms with Gasteiger partial charge in [0.1, 0.15) is 11.5 Å². The molecule has 94 valence electrons. The number of carboxylic acid groups (broad SMARTS) is 1. The molecule has 0 aromatic heterocycles. The molecule has 1 rings (SSSR count). The predicted octanol–water partition coefficient (Wildman–Crippen LogP) is 1.95. The number of aliphatic carboxylic acids is 1. The van der Waals surface area contributed by atoms with Gasteiger partial charge in [-0.3, -0.25) is 4.79 Å². The first-order valence-electron chi connectivity index (χ1n) is 4.91. The van der Waals surface area contributed by atoms with E-state index in [0.29, 0.717) is 21.3 Å². The molecule has 4 N–H and O–H groups in total. The summed E-state index contributed by atoms with van der Waals surface area (Å²) in [4.78, 5) is 10.6. The summed E-state index contributed by atoms with van der Waals surface area (Å²) in [6.45, 7) is 1.68. The van der Waals surface area contributed by atoms with Crippen LogP contribution in [0.2, 0.25) is 0 Å². The smallest absolute Gasteiger partial charge is 0.305 e. The molecule has 1 aromatic carbocycles. The maximum Gasteiger partial charge on any atom is 0.305 e. The number of carbonyl (C=O) groups is 1. The average Bonchev–Trinajstić information content (AvgIpc) is 2.23. The van der Waals surface area contributed by atoms with E-state index in [9.17, 15) is 9.90 Å². The highest BCUT2D eigenvalue weighted by Gasteiger charge is 2.20. The molecule has 0 aliphatic heterocycles. The number of nitrogens with two attached hydrogens (primary N) is 1. The fourth-order valence-corrected chi connectivity index (χ4v) is 2.31. The van der Waals surface area contributed by atoms with Crippen LogP contribution in [-0.4, -0.2) is 23.3 Å². The van der Waals surface area contributed by atoms with Crippen LogP contribution in [0.25, 0.3) is 0 Å². The Morgan fingerprint density at radius 2 is 2.24 bits per heavy atom. The quantitative estimate of drug-likeness (QED) is 0.790. The van der Waals surface area contributed by atoms with E-state index in [1.165, 1.54) is 7.11 Å². The van der Waals surface area contributed by atoms with Crippen molar-refractivity contribution in [3.63, 3.8) is 0 Å². The number of ether oxygens (including phenoxy) is 1. The molecule has 0 heterocycles. The van der Waals surface area contributed by atoms with Gasteiger partial charge in [-0.15, -0.1) is 0 Å². The maximum atomic E-state index is 10.6. The Balaban J connectivity index is 3.22. The van der Waals surface area contributed by atoms with Crippen molar-refractivity contribution in [2.45, 2.75) is 19.4 Å². The van der Waals surface area contributed by atoms with Gasteiger partial charge in [0.25, 0.3) is 0 Å². The molecule has 5 nitrogen and oxygen atoms in total. The third-order valence-electron chi connectivity index (χ3n) is 2.47. The number of phenolic OH excluding ortho intramolecular Hbond substituents is 1. The van der Waals surface area contributed by atoms with Gasteiger partial charge in [-0.25, -0.2) is 0 Å². The SMILES string of the molecule is COc1c(Br)cc(C(N)CC(=O)O)c(O)c1C. The Bertz CT molecular complexity index is 448. The highest BCUT2D eigenvalue weighted by molar-refractivity contribution is 9.10. The van der Waals surface area contributed by atoms with Crippen LogP contribution < -0.4 is 10.5 Å². The van der Waals surface area contributed by atoms with Crippen molar-refractivity contribution < 1.29 is 19.7 Å². The van der Waals surface area contributed by atoms with Crippen LogP contribution in [0.1, 0.15) is 23.6 Å². The summed E-state index contributed by atoms with van der Waals surface area (Å²) in [5.74, 6) is -0.533. The first-order valence-corrected chi connectivity index (χ1v) is 5.71. The number of phenols is 1. The summed E-state index contributed by atoms with van der Waals surface area (Å²) in [6.07, 6.45) is -0.244. The summed E-state index contributed by atoms with van der Waals surface area (Å²) >= 11 is 3.29. The van der Waals surface area contributed by atoms with Gasteiger partial charge < -0.3 is 20.7 Å². The minimum atomic E-state index is -1.01. The topological polar surface area (TPSA) is 92.8 Å². The second-order valence-electron chi connectivity index (χ2n) is 3.66. The van der Waals surface area contributed by atoms with E-state index in [-0.39, 0.29) is 12.2 Å². The molecule has 0 aliphatic carbocycles. The number of hydrogen-bond acceptors (Lipinski definition) is 4. The van der Waals surface area contributed by atoms with E-state index in [1.54, 1.807) is 13.0 Å². The summed E-state index contributed by atoms with van der Waals surface area (Å²) in [7, 11) is 1.49. The number of benzene rings is 1. The van der Waals surface area contributed by atoms with Gasteiger partial charge in [-0.2, -0.15) is 0 Å². The lowest BCUT2D eigenvalue weighted by atomic mass is 10.0. The molecule has 0 aliphatic rings. The fourth-order valence-electron chi connectivity index (χ4n) is 1.60. The lowest BCUT2D eigenvalue weighted by Crippen LogP contribution is -2.15. The van der Waals surface area contributed by atoms with Gasteiger partial charge in [0.05, 0.1) is 18.0 Å². The van der Waals surface area contributed by atoms with Crippen LogP contribution in [0.4, 0.5) is 0 Å². The number of rotatable bonds is 4. The van der Waals surface area contributed by atoms with Crippen LogP contribution in [0.3, 0.4) is 0 Å². The van der Waals surface area contributed by atoms with Crippen molar-refractivity contribution >= 4 is 21.9 Å². The average molecular weight is 304 g/mol. The zero-order valence-corrected chi connectivity index (χ0v) is 11.1. The van der Waals surface area contributed by atoms with Gasteiger partial charge in [-0.1, -0.05) is 0 Å². The van der Waals surface area contributed by atoms with Crippen LogP contribution in [0, 0.1) is 6.92 Å². The summed E-state index contributed by atoms with van der Waals surface area (Å²) < 4.78 is 5.74. The molecule has 1 atom stereocenters. The number of carboxylic acids is 1. The van der Waals surface area contributed by atoms with Crippen LogP contribution >= 0.6 is 15.9 Å². The minimum Gasteiger partial charge on any atom is -0.507 e. The summed E-state index contributed by atoms with van der Waals surface area (Å²) in [5.41, 5.74) is 6.64. The van der Waals surface area contributed by atoms with Crippen molar-refractivity contribution in [1.29, 1.82) is 0 Å². The van der Waals surface area contributed by atoms with E-state index in [2.05, 4.69) is 15.9 Å². The van der Waals surface area contributed by atoms with Crippen molar-refractivity contribution in [1.82, 2.24) is 0 Å². The molecule has 0 radical (unpaired) electrons.